The van der Waals surface area contributed by atoms with Gasteiger partial charge in [0.2, 0.25) is 5.82 Å². The number of hydrogen-bond acceptors (Lipinski definition) is 4. The van der Waals surface area contributed by atoms with Crippen molar-refractivity contribution in [3.8, 4) is 22.5 Å². The highest BCUT2D eigenvalue weighted by atomic mass is 32.2. The molecule has 2 aromatic heterocycles. The van der Waals surface area contributed by atoms with Gasteiger partial charge < -0.3 is 4.98 Å². The quantitative estimate of drug-likeness (QED) is 0.698. The maximum absolute atomic E-state index is 14.2. The molecule has 10 heteroatoms. The number of H-pyrrole nitrogens is 1. The van der Waals surface area contributed by atoms with Crippen LogP contribution < -0.4 is 0 Å². The number of aromatic nitrogens is 3. The van der Waals surface area contributed by atoms with Gasteiger partial charge in [0.25, 0.3) is 0 Å². The van der Waals surface area contributed by atoms with E-state index in [9.17, 15) is 26.0 Å². The number of sulfone groups is 1. The second-order valence-corrected chi connectivity index (χ2v) is 7.45. The van der Waals surface area contributed by atoms with Crippen LogP contribution in [0.2, 0.25) is 0 Å². The Kier molecular flexibility index (Phi) is 4.31. The number of aromatic amines is 1. The summed E-state index contributed by atoms with van der Waals surface area (Å²) >= 11 is 0. The lowest BCUT2D eigenvalue weighted by Gasteiger charge is -2.05. The maximum Gasteiger partial charge on any atom is 0.449 e. The van der Waals surface area contributed by atoms with Crippen LogP contribution in [0.3, 0.4) is 0 Å². The molecule has 0 atom stereocenters. The van der Waals surface area contributed by atoms with Crippen LogP contribution in [-0.2, 0) is 16.0 Å². The molecule has 0 fully saturated rings. The van der Waals surface area contributed by atoms with Gasteiger partial charge in [0.05, 0.1) is 11.4 Å². The third-order valence-electron chi connectivity index (χ3n) is 3.53. The molecule has 5 nitrogen and oxygen atoms in total. The van der Waals surface area contributed by atoms with Crippen molar-refractivity contribution >= 4 is 9.84 Å². The van der Waals surface area contributed by atoms with Crippen LogP contribution in [0.5, 0.6) is 0 Å². The van der Waals surface area contributed by atoms with Crippen molar-refractivity contribution in [2.75, 3.05) is 6.26 Å². The predicted molar refractivity (Wildman–Crippen MR) is 85.3 cm³/mol. The van der Waals surface area contributed by atoms with E-state index < -0.39 is 32.6 Å². The lowest BCUT2D eigenvalue weighted by molar-refractivity contribution is -0.144. The van der Waals surface area contributed by atoms with Crippen molar-refractivity contribution in [3.05, 3.63) is 54.4 Å². The van der Waals surface area contributed by atoms with Gasteiger partial charge in [0.15, 0.2) is 9.84 Å². The van der Waals surface area contributed by atoms with Gasteiger partial charge in [-0.25, -0.2) is 17.8 Å². The molecule has 26 heavy (non-hydrogen) atoms. The molecular weight excluding hydrogens is 374 g/mol. The standard InChI is InChI=1S/C16H11F4N3O2S/c1-26(24,25)12-5-4-9(7-11(12)17)13-14(10-3-2-6-21-8-10)23-15(22-13)16(18,19)20/h2-8H,1H3,(H,22,23). The van der Waals surface area contributed by atoms with Gasteiger partial charge in [-0.15, -0.1) is 0 Å². The van der Waals surface area contributed by atoms with Gasteiger partial charge >= 0.3 is 6.18 Å². The average Bonchev–Trinajstić information content (AvgIpc) is 3.00. The predicted octanol–water partition coefficient (Wildman–Crippen LogP) is 3.70. The van der Waals surface area contributed by atoms with Crippen LogP contribution in [0.4, 0.5) is 17.6 Å². The summed E-state index contributed by atoms with van der Waals surface area (Å²) < 4.78 is 76.3. The van der Waals surface area contributed by atoms with E-state index in [0.29, 0.717) is 5.56 Å². The van der Waals surface area contributed by atoms with E-state index in [0.717, 1.165) is 18.4 Å². The summed E-state index contributed by atoms with van der Waals surface area (Å²) in [5.74, 6) is -2.32. The van der Waals surface area contributed by atoms with Crippen molar-refractivity contribution in [1.29, 1.82) is 0 Å². The minimum atomic E-state index is -4.74. The molecule has 0 spiro atoms. The largest absolute Gasteiger partial charge is 0.449 e. The van der Waals surface area contributed by atoms with E-state index >= 15 is 0 Å². The van der Waals surface area contributed by atoms with E-state index in [1.807, 2.05) is 0 Å². The maximum atomic E-state index is 14.2. The fourth-order valence-corrected chi connectivity index (χ4v) is 3.11. The molecule has 0 saturated carbocycles. The van der Waals surface area contributed by atoms with Gasteiger partial charge in [0.1, 0.15) is 10.7 Å². The summed E-state index contributed by atoms with van der Waals surface area (Å²) in [6.07, 6.45) is -1.12. The summed E-state index contributed by atoms with van der Waals surface area (Å²) in [5, 5.41) is 0. The Bertz CT molecular complexity index is 1060. The number of nitrogens with one attached hydrogen (secondary N) is 1. The van der Waals surface area contributed by atoms with Gasteiger partial charge in [-0.05, 0) is 24.3 Å². The highest BCUT2D eigenvalue weighted by Crippen LogP contribution is 2.36. The molecule has 136 valence electrons. The summed E-state index contributed by atoms with van der Waals surface area (Å²) in [5.41, 5.74) is 0.153. The number of imidazole rings is 1. The fourth-order valence-electron chi connectivity index (χ4n) is 2.38. The Labute approximate surface area is 145 Å². The zero-order valence-corrected chi connectivity index (χ0v) is 14.0. The van der Waals surface area contributed by atoms with Crippen LogP contribution in [0, 0.1) is 5.82 Å². The Morgan fingerprint density at radius 1 is 1.12 bits per heavy atom. The first-order valence-corrected chi connectivity index (χ1v) is 9.04. The first kappa shape index (κ1) is 18.1. The lowest BCUT2D eigenvalue weighted by atomic mass is 10.1. The molecule has 0 radical (unpaired) electrons. The van der Waals surface area contributed by atoms with Crippen LogP contribution in [0.25, 0.3) is 22.5 Å². The Morgan fingerprint density at radius 2 is 1.85 bits per heavy atom. The van der Waals surface area contributed by atoms with Crippen LogP contribution in [-0.4, -0.2) is 29.6 Å². The first-order valence-electron chi connectivity index (χ1n) is 7.15. The summed E-state index contributed by atoms with van der Waals surface area (Å²) in [7, 11) is -3.81. The monoisotopic (exact) mass is 385 g/mol. The Morgan fingerprint density at radius 3 is 2.38 bits per heavy atom. The number of hydrogen-bond donors (Lipinski definition) is 1. The van der Waals surface area contributed by atoms with Crippen molar-refractivity contribution in [1.82, 2.24) is 15.0 Å². The third-order valence-corrected chi connectivity index (χ3v) is 4.66. The van der Waals surface area contributed by atoms with E-state index in [2.05, 4.69) is 15.0 Å². The third kappa shape index (κ3) is 3.45. The molecule has 2 heterocycles. The van der Waals surface area contributed by atoms with E-state index in [-0.39, 0.29) is 17.0 Å². The number of rotatable bonds is 3. The molecule has 3 rings (SSSR count). The van der Waals surface area contributed by atoms with Gasteiger partial charge in [0, 0.05) is 29.8 Å². The molecule has 1 aromatic carbocycles. The van der Waals surface area contributed by atoms with Crippen LogP contribution in [0.15, 0.2) is 47.6 Å². The molecule has 0 amide bonds. The first-order chi connectivity index (χ1) is 12.1. The SMILES string of the molecule is CS(=O)(=O)c1ccc(-c2nc(C(F)(F)F)[nH]c2-c2cccnc2)cc1F. The number of halogens is 4. The molecule has 0 aliphatic heterocycles. The fraction of sp³-hybridized carbons (Fsp3) is 0.125. The molecule has 3 aromatic rings. The highest BCUT2D eigenvalue weighted by molar-refractivity contribution is 7.90. The van der Waals surface area contributed by atoms with Crippen molar-refractivity contribution < 1.29 is 26.0 Å². The van der Waals surface area contributed by atoms with Gasteiger partial charge in [-0.2, -0.15) is 13.2 Å². The zero-order valence-electron chi connectivity index (χ0n) is 13.2. The number of alkyl halides is 3. The topological polar surface area (TPSA) is 75.7 Å². The molecule has 0 unspecified atom stereocenters. The van der Waals surface area contributed by atoms with E-state index in [1.165, 1.54) is 30.6 Å². The summed E-state index contributed by atoms with van der Waals surface area (Å²) in [6.45, 7) is 0. The van der Waals surface area contributed by atoms with Gasteiger partial charge in [-0.1, -0.05) is 6.07 Å². The Balaban J connectivity index is 2.21. The second kappa shape index (κ2) is 6.20. The smallest absolute Gasteiger partial charge is 0.334 e. The molecule has 0 bridgehead atoms. The van der Waals surface area contributed by atoms with Crippen LogP contribution >= 0.6 is 0 Å². The number of nitrogens with zero attached hydrogens (tertiary/aromatic N) is 2. The normalized spacial score (nSPS) is 12.3. The minimum absolute atomic E-state index is 0.000466. The van der Waals surface area contributed by atoms with Crippen molar-refractivity contribution in [3.63, 3.8) is 0 Å². The molecule has 0 aliphatic rings. The molecule has 0 saturated heterocycles. The summed E-state index contributed by atoms with van der Waals surface area (Å²) in [4.78, 5) is 9.02. The van der Waals surface area contributed by atoms with Crippen molar-refractivity contribution in [2.24, 2.45) is 0 Å². The molecular formula is C16H11F4N3O2S. The van der Waals surface area contributed by atoms with Crippen molar-refractivity contribution in [2.45, 2.75) is 11.1 Å². The second-order valence-electron chi connectivity index (χ2n) is 5.47. The number of pyridine rings is 1. The van der Waals surface area contributed by atoms with Gasteiger partial charge in [-0.3, -0.25) is 4.98 Å². The highest BCUT2D eigenvalue weighted by Gasteiger charge is 2.36. The van der Waals surface area contributed by atoms with Crippen LogP contribution in [0.1, 0.15) is 5.82 Å². The average molecular weight is 385 g/mol. The van der Waals surface area contributed by atoms with E-state index in [1.54, 1.807) is 0 Å². The van der Waals surface area contributed by atoms with E-state index in [4.69, 9.17) is 0 Å². The minimum Gasteiger partial charge on any atom is -0.334 e. The Hall–Kier alpha value is -2.75. The summed E-state index contributed by atoms with van der Waals surface area (Å²) in [6, 6.07) is 6.09. The number of benzene rings is 1. The zero-order chi connectivity index (χ0) is 19.1. The lowest BCUT2D eigenvalue weighted by Crippen LogP contribution is -2.07. The molecule has 0 aliphatic carbocycles. The molecule has 1 N–H and O–H groups in total.